The summed E-state index contributed by atoms with van der Waals surface area (Å²) in [5.74, 6) is 5.12. The largest absolute Gasteiger partial charge is 0.241 e. The summed E-state index contributed by atoms with van der Waals surface area (Å²) < 4.78 is 39.1. The predicted octanol–water partition coefficient (Wildman–Crippen LogP) is 2.46. The molecular formula is C16H14FNO2S. The van der Waals surface area contributed by atoms with Gasteiger partial charge in [-0.2, -0.15) is 4.72 Å². The standard InChI is InChI=1S/C16H14FNO2S/c1-13-4-10-16(11-5-13)21(19,20)18-12-2-3-14-6-8-15(17)9-7-14/h4-11,18H,12H2,1H3. The molecule has 0 aliphatic heterocycles. The zero-order valence-electron chi connectivity index (χ0n) is 11.4. The van der Waals surface area contributed by atoms with Crippen LogP contribution in [-0.4, -0.2) is 15.0 Å². The van der Waals surface area contributed by atoms with Crippen molar-refractivity contribution in [3.63, 3.8) is 0 Å². The van der Waals surface area contributed by atoms with E-state index in [1.54, 1.807) is 24.3 Å². The quantitative estimate of drug-likeness (QED) is 0.885. The molecule has 0 fully saturated rings. The second kappa shape index (κ2) is 6.53. The number of hydrogen-bond acceptors (Lipinski definition) is 2. The van der Waals surface area contributed by atoms with Crippen LogP contribution in [0.4, 0.5) is 4.39 Å². The molecule has 21 heavy (non-hydrogen) atoms. The molecule has 3 nitrogen and oxygen atoms in total. The molecule has 0 radical (unpaired) electrons. The maximum absolute atomic E-state index is 12.7. The van der Waals surface area contributed by atoms with Gasteiger partial charge in [-0.05, 0) is 43.3 Å². The monoisotopic (exact) mass is 303 g/mol. The van der Waals surface area contributed by atoms with E-state index < -0.39 is 10.0 Å². The summed E-state index contributed by atoms with van der Waals surface area (Å²) in [4.78, 5) is 0.205. The molecule has 2 aromatic carbocycles. The second-order valence-corrected chi connectivity index (χ2v) is 6.21. The summed E-state index contributed by atoms with van der Waals surface area (Å²) in [5, 5.41) is 0. The Morgan fingerprint density at radius 1 is 1.05 bits per heavy atom. The molecule has 0 heterocycles. The van der Waals surface area contributed by atoms with Crippen LogP contribution in [0.5, 0.6) is 0 Å². The fraction of sp³-hybridized carbons (Fsp3) is 0.125. The van der Waals surface area contributed by atoms with Gasteiger partial charge in [0, 0.05) is 5.56 Å². The van der Waals surface area contributed by atoms with Gasteiger partial charge in [0.25, 0.3) is 0 Å². The maximum atomic E-state index is 12.7. The Balaban J connectivity index is 2.00. The van der Waals surface area contributed by atoms with E-state index in [9.17, 15) is 12.8 Å². The molecule has 0 aromatic heterocycles. The van der Waals surface area contributed by atoms with Gasteiger partial charge < -0.3 is 0 Å². The predicted molar refractivity (Wildman–Crippen MR) is 79.6 cm³/mol. The lowest BCUT2D eigenvalue weighted by Crippen LogP contribution is -2.23. The zero-order chi connectivity index (χ0) is 15.3. The molecule has 0 unspecified atom stereocenters. The number of aryl methyl sites for hydroxylation is 1. The minimum Gasteiger partial charge on any atom is -0.207 e. The Morgan fingerprint density at radius 3 is 2.29 bits per heavy atom. The molecule has 0 aliphatic carbocycles. The zero-order valence-corrected chi connectivity index (χ0v) is 12.2. The molecule has 0 saturated carbocycles. The van der Waals surface area contributed by atoms with Gasteiger partial charge >= 0.3 is 0 Å². The number of nitrogens with one attached hydrogen (secondary N) is 1. The maximum Gasteiger partial charge on any atom is 0.241 e. The van der Waals surface area contributed by atoms with Crippen molar-refractivity contribution in [2.24, 2.45) is 0 Å². The summed E-state index contributed by atoms with van der Waals surface area (Å²) >= 11 is 0. The molecule has 1 N–H and O–H groups in total. The highest BCUT2D eigenvalue weighted by molar-refractivity contribution is 7.89. The third-order valence-electron chi connectivity index (χ3n) is 2.76. The Kier molecular flexibility index (Phi) is 4.73. The summed E-state index contributed by atoms with van der Waals surface area (Å²) in [7, 11) is -3.55. The highest BCUT2D eigenvalue weighted by atomic mass is 32.2. The van der Waals surface area contributed by atoms with Crippen molar-refractivity contribution in [2.45, 2.75) is 11.8 Å². The third-order valence-corrected chi connectivity index (χ3v) is 4.18. The van der Waals surface area contributed by atoms with Crippen LogP contribution < -0.4 is 4.72 Å². The number of benzene rings is 2. The Labute approximate surface area is 123 Å². The first-order valence-corrected chi connectivity index (χ1v) is 7.76. The van der Waals surface area contributed by atoms with Crippen LogP contribution in [0.3, 0.4) is 0 Å². The van der Waals surface area contributed by atoms with Gasteiger partial charge in [-0.25, -0.2) is 12.8 Å². The number of rotatable bonds is 3. The Hall–Kier alpha value is -2.16. The van der Waals surface area contributed by atoms with Gasteiger partial charge in [0.15, 0.2) is 0 Å². The molecule has 0 saturated heterocycles. The van der Waals surface area contributed by atoms with Gasteiger partial charge in [0.2, 0.25) is 10.0 Å². The highest BCUT2D eigenvalue weighted by Crippen LogP contribution is 2.09. The fourth-order valence-corrected chi connectivity index (χ4v) is 2.53. The fourth-order valence-electron chi connectivity index (χ4n) is 1.61. The van der Waals surface area contributed by atoms with Crippen LogP contribution in [0, 0.1) is 24.6 Å². The van der Waals surface area contributed by atoms with Crippen molar-refractivity contribution in [2.75, 3.05) is 6.54 Å². The van der Waals surface area contributed by atoms with Gasteiger partial charge in [-0.15, -0.1) is 0 Å². The molecule has 0 atom stereocenters. The van der Waals surface area contributed by atoms with Crippen LogP contribution in [0.2, 0.25) is 0 Å². The molecule has 2 rings (SSSR count). The second-order valence-electron chi connectivity index (χ2n) is 4.45. The molecule has 0 amide bonds. The first-order valence-electron chi connectivity index (χ1n) is 6.28. The number of sulfonamides is 1. The van der Waals surface area contributed by atoms with E-state index in [0.717, 1.165) is 5.56 Å². The van der Waals surface area contributed by atoms with Gasteiger partial charge in [0.1, 0.15) is 5.82 Å². The smallest absolute Gasteiger partial charge is 0.207 e. The number of hydrogen-bond donors (Lipinski definition) is 1. The lowest BCUT2D eigenvalue weighted by molar-refractivity contribution is 0.586. The van der Waals surface area contributed by atoms with Gasteiger partial charge in [0.05, 0.1) is 11.4 Å². The van der Waals surface area contributed by atoms with Crippen molar-refractivity contribution >= 4 is 10.0 Å². The van der Waals surface area contributed by atoms with E-state index in [2.05, 4.69) is 16.6 Å². The van der Waals surface area contributed by atoms with Gasteiger partial charge in [-0.1, -0.05) is 29.5 Å². The first kappa shape index (κ1) is 15.2. The lowest BCUT2D eigenvalue weighted by atomic mass is 10.2. The molecule has 0 aliphatic rings. The molecule has 5 heteroatoms. The summed E-state index contributed by atoms with van der Waals surface area (Å²) in [6.45, 7) is 1.88. The lowest BCUT2D eigenvalue weighted by Gasteiger charge is -2.03. The average Bonchev–Trinajstić information content (AvgIpc) is 2.46. The van der Waals surface area contributed by atoms with Gasteiger partial charge in [-0.3, -0.25) is 0 Å². The van der Waals surface area contributed by atoms with Crippen LogP contribution in [0.1, 0.15) is 11.1 Å². The highest BCUT2D eigenvalue weighted by Gasteiger charge is 2.11. The van der Waals surface area contributed by atoms with E-state index in [1.807, 2.05) is 6.92 Å². The molecule has 0 bridgehead atoms. The molecular weight excluding hydrogens is 289 g/mol. The SMILES string of the molecule is Cc1ccc(S(=O)(=O)NCC#Cc2ccc(F)cc2)cc1. The van der Waals surface area contributed by atoms with Crippen LogP contribution >= 0.6 is 0 Å². The van der Waals surface area contributed by atoms with Crippen molar-refractivity contribution in [3.8, 4) is 11.8 Å². The third kappa shape index (κ3) is 4.42. The molecule has 108 valence electrons. The van der Waals surface area contributed by atoms with E-state index >= 15 is 0 Å². The van der Waals surface area contributed by atoms with Crippen LogP contribution in [0.15, 0.2) is 53.4 Å². The van der Waals surface area contributed by atoms with E-state index in [1.165, 1.54) is 24.3 Å². The van der Waals surface area contributed by atoms with Crippen molar-refractivity contribution in [1.82, 2.24) is 4.72 Å². The van der Waals surface area contributed by atoms with Crippen molar-refractivity contribution in [1.29, 1.82) is 0 Å². The topological polar surface area (TPSA) is 46.2 Å². The summed E-state index contributed by atoms with van der Waals surface area (Å²) in [5.41, 5.74) is 1.62. The summed E-state index contributed by atoms with van der Waals surface area (Å²) in [6, 6.07) is 12.3. The van der Waals surface area contributed by atoms with E-state index in [0.29, 0.717) is 5.56 Å². The summed E-state index contributed by atoms with van der Waals surface area (Å²) in [6.07, 6.45) is 0. The average molecular weight is 303 g/mol. The first-order chi connectivity index (χ1) is 9.97. The Morgan fingerprint density at radius 2 is 1.67 bits per heavy atom. The van der Waals surface area contributed by atoms with E-state index in [-0.39, 0.29) is 17.3 Å². The number of halogens is 1. The minimum absolute atomic E-state index is 0.00636. The normalized spacial score (nSPS) is 10.8. The van der Waals surface area contributed by atoms with Crippen molar-refractivity contribution < 1.29 is 12.8 Å². The molecule has 2 aromatic rings. The molecule has 0 spiro atoms. The van der Waals surface area contributed by atoms with Crippen LogP contribution in [0.25, 0.3) is 0 Å². The van der Waals surface area contributed by atoms with Crippen molar-refractivity contribution in [3.05, 3.63) is 65.5 Å². The van der Waals surface area contributed by atoms with E-state index in [4.69, 9.17) is 0 Å². The minimum atomic E-state index is -3.55. The Bertz CT molecular complexity index is 770. The van der Waals surface area contributed by atoms with Crippen LogP contribution in [-0.2, 0) is 10.0 Å².